The van der Waals surface area contributed by atoms with Crippen LogP contribution in [-0.4, -0.2) is 27.9 Å². The highest BCUT2D eigenvalue weighted by atomic mass is 15.3. The van der Waals surface area contributed by atoms with Crippen LogP contribution >= 0.6 is 0 Å². The van der Waals surface area contributed by atoms with Gasteiger partial charge in [-0.05, 0) is 37.0 Å². The average molecular weight is 399 g/mol. The highest BCUT2D eigenvalue weighted by Gasteiger charge is 2.31. The van der Waals surface area contributed by atoms with Crippen molar-refractivity contribution in [3.05, 3.63) is 53.9 Å². The molecule has 5 nitrogen and oxygen atoms in total. The predicted octanol–water partition coefficient (Wildman–Crippen LogP) is 3.98. The van der Waals surface area contributed by atoms with Crippen LogP contribution in [0.5, 0.6) is 0 Å². The number of rotatable bonds is 4. The summed E-state index contributed by atoms with van der Waals surface area (Å²) in [4.78, 5) is 13.8. The van der Waals surface area contributed by atoms with Crippen LogP contribution in [0.3, 0.4) is 0 Å². The number of hydrazone groups is 1. The van der Waals surface area contributed by atoms with Crippen molar-refractivity contribution >= 4 is 24.2 Å². The van der Waals surface area contributed by atoms with Crippen molar-refractivity contribution in [3.63, 3.8) is 0 Å². The Morgan fingerprint density at radius 2 is 1.67 bits per heavy atom. The number of hydrogen-bond donors (Lipinski definition) is 1. The zero-order valence-electron chi connectivity index (χ0n) is 17.7. The van der Waals surface area contributed by atoms with E-state index in [1.165, 1.54) is 69.7 Å². The fraction of sp³-hybridized carbons (Fsp3) is 0.500. The van der Waals surface area contributed by atoms with Gasteiger partial charge in [0.2, 0.25) is 0 Å². The molecule has 2 aromatic rings. The van der Waals surface area contributed by atoms with Gasteiger partial charge in [0.15, 0.2) is 13.1 Å². The smallest absolute Gasteiger partial charge is 0.176 e. The van der Waals surface area contributed by atoms with E-state index in [-0.39, 0.29) is 5.92 Å². The first-order chi connectivity index (χ1) is 14.9. The molecule has 1 aliphatic heterocycles. The lowest BCUT2D eigenvalue weighted by Crippen LogP contribution is -2.31. The Kier molecular flexibility index (Phi) is 5.91. The van der Waals surface area contributed by atoms with Crippen LogP contribution in [-0.2, 0) is 0 Å². The molecular weight excluding hydrogens is 369 g/mol. The van der Waals surface area contributed by atoms with Crippen molar-refractivity contribution in [3.8, 4) is 0 Å². The molecule has 2 aliphatic carbocycles. The Balaban J connectivity index is 1.43. The van der Waals surface area contributed by atoms with Crippen molar-refractivity contribution in [2.45, 2.75) is 70.0 Å². The van der Waals surface area contributed by atoms with Gasteiger partial charge in [-0.25, -0.2) is 9.97 Å². The highest BCUT2D eigenvalue weighted by molar-refractivity contribution is 6.54. The van der Waals surface area contributed by atoms with E-state index in [4.69, 9.17) is 10.1 Å². The number of allylic oxidation sites excluding steroid dienone is 1. The Hall–Kier alpha value is -2.50. The van der Waals surface area contributed by atoms with E-state index in [1.54, 1.807) is 12.4 Å². The van der Waals surface area contributed by atoms with E-state index in [0.717, 1.165) is 41.6 Å². The molecule has 30 heavy (non-hydrogen) atoms. The number of nitrogens with zero attached hydrogens (tertiary/aromatic N) is 4. The van der Waals surface area contributed by atoms with Crippen molar-refractivity contribution in [1.29, 1.82) is 0 Å². The maximum absolute atomic E-state index is 4.87. The molecule has 154 valence electrons. The van der Waals surface area contributed by atoms with E-state index in [0.29, 0.717) is 0 Å². The highest BCUT2D eigenvalue weighted by Crippen LogP contribution is 2.36. The summed E-state index contributed by atoms with van der Waals surface area (Å²) in [5.41, 5.74) is 9.25. The van der Waals surface area contributed by atoms with Gasteiger partial charge in [-0.1, -0.05) is 62.3 Å². The minimum absolute atomic E-state index is 0.281. The van der Waals surface area contributed by atoms with Gasteiger partial charge in [-0.2, -0.15) is 5.10 Å². The van der Waals surface area contributed by atoms with Crippen LogP contribution < -0.4 is 10.9 Å². The number of nitrogens with one attached hydrogen (secondary N) is 1. The summed E-state index contributed by atoms with van der Waals surface area (Å²) in [6.45, 7) is 0. The molecule has 2 saturated carbocycles. The molecule has 0 aromatic carbocycles. The molecule has 0 spiro atoms. The van der Waals surface area contributed by atoms with Gasteiger partial charge in [-0.3, -0.25) is 10.4 Å². The summed E-state index contributed by atoms with van der Waals surface area (Å²) < 4.78 is 0. The Bertz CT molecular complexity index is 916. The summed E-state index contributed by atoms with van der Waals surface area (Å²) in [7, 11) is 1.17. The van der Waals surface area contributed by atoms with Crippen molar-refractivity contribution in [1.82, 2.24) is 20.4 Å². The van der Waals surface area contributed by atoms with E-state index in [2.05, 4.69) is 33.7 Å². The molecule has 0 amide bonds. The molecule has 2 aromatic heterocycles. The molecule has 0 saturated heterocycles. The molecule has 3 heterocycles. The lowest BCUT2D eigenvalue weighted by atomic mass is 9.59. The molecular formula is C24H30BN5. The van der Waals surface area contributed by atoms with Crippen molar-refractivity contribution in [2.24, 2.45) is 11.0 Å². The van der Waals surface area contributed by atoms with Crippen LogP contribution in [0.25, 0.3) is 5.70 Å². The quantitative estimate of drug-likeness (QED) is 0.790. The summed E-state index contributed by atoms with van der Waals surface area (Å²) in [5.74, 6) is 1.87. The summed E-state index contributed by atoms with van der Waals surface area (Å²) >= 11 is 0. The second-order valence-electron chi connectivity index (χ2n) is 8.99. The van der Waals surface area contributed by atoms with E-state index >= 15 is 0 Å². The summed E-state index contributed by atoms with van der Waals surface area (Å²) in [6, 6.07) is 6.32. The minimum atomic E-state index is 0.281. The Morgan fingerprint density at radius 1 is 0.867 bits per heavy atom. The lowest BCUT2D eigenvalue weighted by Gasteiger charge is -2.30. The average Bonchev–Trinajstić information content (AvgIpc) is 3.28. The third-order valence-electron chi connectivity index (χ3n) is 6.92. The first-order valence-corrected chi connectivity index (χ1v) is 11.7. The summed E-state index contributed by atoms with van der Waals surface area (Å²) in [6.07, 6.45) is 18.5. The molecule has 6 heteroatoms. The molecule has 1 unspecified atom stereocenters. The fourth-order valence-electron chi connectivity index (χ4n) is 5.33. The molecule has 1 N–H and O–H groups in total. The van der Waals surface area contributed by atoms with Crippen LogP contribution in [0.2, 0.25) is 5.82 Å². The predicted molar refractivity (Wildman–Crippen MR) is 123 cm³/mol. The van der Waals surface area contributed by atoms with E-state index in [9.17, 15) is 0 Å². The van der Waals surface area contributed by atoms with Crippen molar-refractivity contribution in [2.75, 3.05) is 0 Å². The SMILES string of the molecule is B(c1ccc(C2=C3CCCCCCC3C(c3ncccn3)=NN2)nc1)C1CCCC1. The molecule has 5 rings (SSSR count). The molecule has 1 atom stereocenters. The Labute approximate surface area is 179 Å². The second kappa shape index (κ2) is 9.11. The number of pyridine rings is 1. The van der Waals surface area contributed by atoms with Crippen molar-refractivity contribution < 1.29 is 0 Å². The first kappa shape index (κ1) is 19.5. The van der Waals surface area contributed by atoms with Gasteiger partial charge >= 0.3 is 0 Å². The van der Waals surface area contributed by atoms with E-state index < -0.39 is 0 Å². The molecule has 0 radical (unpaired) electrons. The third kappa shape index (κ3) is 4.18. The van der Waals surface area contributed by atoms with Gasteiger partial charge < -0.3 is 0 Å². The van der Waals surface area contributed by atoms with Gasteiger partial charge in [0, 0.05) is 24.5 Å². The van der Waals surface area contributed by atoms with Crippen LogP contribution in [0, 0.1) is 5.92 Å². The largest absolute Gasteiger partial charge is 0.276 e. The maximum atomic E-state index is 4.87. The Morgan fingerprint density at radius 3 is 2.47 bits per heavy atom. The molecule has 0 bridgehead atoms. The molecule has 3 aliphatic rings. The van der Waals surface area contributed by atoms with Gasteiger partial charge in [0.25, 0.3) is 0 Å². The van der Waals surface area contributed by atoms with Gasteiger partial charge in [0.1, 0.15) is 5.71 Å². The van der Waals surface area contributed by atoms with Gasteiger partial charge in [0.05, 0.1) is 11.4 Å². The lowest BCUT2D eigenvalue weighted by molar-refractivity contribution is 0.520. The second-order valence-corrected chi connectivity index (χ2v) is 8.99. The zero-order valence-corrected chi connectivity index (χ0v) is 17.7. The van der Waals surface area contributed by atoms with Crippen LogP contribution in [0.1, 0.15) is 75.7 Å². The van der Waals surface area contributed by atoms with Crippen LogP contribution in [0.15, 0.2) is 47.5 Å². The first-order valence-electron chi connectivity index (χ1n) is 11.7. The topological polar surface area (TPSA) is 63.1 Å². The number of fused-ring (bicyclic) bond motifs is 1. The fourth-order valence-corrected chi connectivity index (χ4v) is 5.33. The van der Waals surface area contributed by atoms with Gasteiger partial charge in [-0.15, -0.1) is 0 Å². The van der Waals surface area contributed by atoms with E-state index in [1.807, 2.05) is 6.07 Å². The normalized spacial score (nSPS) is 22.5. The zero-order chi connectivity index (χ0) is 20.2. The van der Waals surface area contributed by atoms with Crippen LogP contribution in [0.4, 0.5) is 0 Å². The maximum Gasteiger partial charge on any atom is 0.176 e. The molecule has 2 fully saturated rings. The minimum Gasteiger partial charge on any atom is -0.276 e. The monoisotopic (exact) mass is 399 g/mol. The summed E-state index contributed by atoms with van der Waals surface area (Å²) in [5, 5.41) is 4.76. The number of hydrogen-bond acceptors (Lipinski definition) is 5. The number of aromatic nitrogens is 3. The third-order valence-corrected chi connectivity index (χ3v) is 6.92. The standard InChI is InChI=1S/C24H30BN5/c1-2-4-11-20-19(10-3-1)22(29-30-23(20)24-26-14-7-15-27-24)21-13-12-18(16-28-21)25-17-8-5-6-9-17/h7,12-17,20,25,29H,1-6,8-11H2.